The Morgan fingerprint density at radius 3 is 2.87 bits per heavy atom. The molecule has 0 unspecified atom stereocenters. The maximum absolute atomic E-state index is 13.5. The zero-order valence-corrected chi connectivity index (χ0v) is 13.6. The molecule has 0 amide bonds. The maximum atomic E-state index is 13.5. The molecular weight excluding hydrogens is 287 g/mol. The number of allylic oxidation sites excluding steroid dienone is 1. The molecule has 0 aliphatic heterocycles. The fourth-order valence-corrected chi connectivity index (χ4v) is 2.87. The minimum atomic E-state index is -0.192. The summed E-state index contributed by atoms with van der Waals surface area (Å²) in [5.41, 5.74) is 6.31. The molecule has 0 atom stereocenters. The highest BCUT2D eigenvalue weighted by Gasteiger charge is 2.10. The van der Waals surface area contributed by atoms with Crippen molar-refractivity contribution in [1.82, 2.24) is 9.97 Å². The number of aromatic amines is 1. The molecule has 0 saturated heterocycles. The van der Waals surface area contributed by atoms with Gasteiger partial charge in [0.1, 0.15) is 5.82 Å². The van der Waals surface area contributed by atoms with E-state index in [0.29, 0.717) is 0 Å². The lowest BCUT2D eigenvalue weighted by Gasteiger charge is -2.12. The van der Waals surface area contributed by atoms with E-state index in [1.54, 1.807) is 12.4 Å². The number of benzene rings is 2. The van der Waals surface area contributed by atoms with Crippen molar-refractivity contribution in [3.05, 3.63) is 71.3 Å². The summed E-state index contributed by atoms with van der Waals surface area (Å²) < 4.78 is 13.5. The molecule has 2 aromatic carbocycles. The van der Waals surface area contributed by atoms with Crippen molar-refractivity contribution in [3.63, 3.8) is 0 Å². The molecule has 0 aliphatic carbocycles. The van der Waals surface area contributed by atoms with Crippen LogP contribution in [0.5, 0.6) is 0 Å². The number of aryl methyl sites for hydroxylation is 1. The third-order valence-corrected chi connectivity index (χ3v) is 4.12. The third kappa shape index (κ3) is 3.34. The van der Waals surface area contributed by atoms with E-state index in [9.17, 15) is 4.39 Å². The Morgan fingerprint density at radius 1 is 1.22 bits per heavy atom. The summed E-state index contributed by atoms with van der Waals surface area (Å²) in [6.07, 6.45) is 7.30. The second kappa shape index (κ2) is 6.78. The van der Waals surface area contributed by atoms with Gasteiger partial charge in [-0.05, 0) is 59.9 Å². The Labute approximate surface area is 136 Å². The Kier molecular flexibility index (Phi) is 4.56. The highest BCUT2D eigenvalue weighted by molar-refractivity contribution is 5.86. The van der Waals surface area contributed by atoms with Gasteiger partial charge in [-0.2, -0.15) is 0 Å². The van der Waals surface area contributed by atoms with Crippen LogP contribution in [0.25, 0.3) is 16.6 Å². The van der Waals surface area contributed by atoms with E-state index in [1.807, 2.05) is 19.1 Å². The van der Waals surface area contributed by atoms with Crippen LogP contribution < -0.4 is 0 Å². The lowest BCUT2D eigenvalue weighted by Crippen LogP contribution is -1.93. The van der Waals surface area contributed by atoms with Crippen LogP contribution >= 0.6 is 0 Å². The van der Waals surface area contributed by atoms with Crippen LogP contribution in [-0.2, 0) is 0 Å². The van der Waals surface area contributed by atoms with Gasteiger partial charge in [-0.3, -0.25) is 0 Å². The van der Waals surface area contributed by atoms with E-state index in [-0.39, 0.29) is 5.82 Å². The first-order valence-corrected chi connectivity index (χ1v) is 8.09. The predicted molar refractivity (Wildman–Crippen MR) is 93.8 cm³/mol. The number of halogens is 1. The molecule has 23 heavy (non-hydrogen) atoms. The topological polar surface area (TPSA) is 28.7 Å². The summed E-state index contributed by atoms with van der Waals surface area (Å²) >= 11 is 0. The van der Waals surface area contributed by atoms with Gasteiger partial charge in [-0.25, -0.2) is 9.37 Å². The molecule has 118 valence electrons. The number of rotatable bonds is 5. The Bertz CT molecular complexity index is 846. The highest BCUT2D eigenvalue weighted by atomic mass is 19.1. The van der Waals surface area contributed by atoms with Crippen molar-refractivity contribution < 1.29 is 4.39 Å². The zero-order chi connectivity index (χ0) is 16.2. The average Bonchev–Trinajstić information content (AvgIpc) is 3.00. The molecule has 1 heterocycles. The monoisotopic (exact) mass is 308 g/mol. The fraction of sp³-hybridized carbons (Fsp3) is 0.250. The molecule has 0 fully saturated rings. The molecule has 0 aliphatic rings. The van der Waals surface area contributed by atoms with Gasteiger partial charge in [0.25, 0.3) is 0 Å². The van der Waals surface area contributed by atoms with Crippen LogP contribution in [-0.4, -0.2) is 9.97 Å². The number of unbranched alkanes of at least 4 members (excludes halogenated alkanes) is 2. The van der Waals surface area contributed by atoms with E-state index in [1.165, 1.54) is 6.07 Å². The molecule has 0 spiro atoms. The summed E-state index contributed by atoms with van der Waals surface area (Å²) in [6.45, 7) is 4.15. The van der Waals surface area contributed by atoms with Gasteiger partial charge in [0.2, 0.25) is 0 Å². The molecule has 3 heteroatoms. The van der Waals surface area contributed by atoms with Gasteiger partial charge in [-0.15, -0.1) is 0 Å². The quantitative estimate of drug-likeness (QED) is 0.608. The summed E-state index contributed by atoms with van der Waals surface area (Å²) in [7, 11) is 0. The smallest absolute Gasteiger partial charge is 0.123 e. The third-order valence-electron chi connectivity index (χ3n) is 4.12. The van der Waals surface area contributed by atoms with Crippen LogP contribution in [0.2, 0.25) is 0 Å². The van der Waals surface area contributed by atoms with Gasteiger partial charge < -0.3 is 4.98 Å². The molecule has 1 N–H and O–H groups in total. The minimum Gasteiger partial charge on any atom is -0.345 e. The lowest BCUT2D eigenvalue weighted by molar-refractivity contribution is 0.626. The minimum absolute atomic E-state index is 0.192. The first kappa shape index (κ1) is 15.5. The van der Waals surface area contributed by atoms with E-state index < -0.39 is 0 Å². The van der Waals surface area contributed by atoms with Crippen LogP contribution in [0.15, 0.2) is 48.8 Å². The molecular formula is C20H21FN2. The average molecular weight is 308 g/mol. The van der Waals surface area contributed by atoms with Crippen molar-refractivity contribution >= 4 is 16.6 Å². The molecule has 3 rings (SSSR count). The lowest BCUT2D eigenvalue weighted by atomic mass is 9.93. The van der Waals surface area contributed by atoms with Gasteiger partial charge in [-0.1, -0.05) is 38.0 Å². The van der Waals surface area contributed by atoms with Gasteiger partial charge in [0, 0.05) is 0 Å². The first-order chi connectivity index (χ1) is 11.2. The Morgan fingerprint density at radius 2 is 2.09 bits per heavy atom. The first-order valence-electron chi connectivity index (χ1n) is 8.09. The van der Waals surface area contributed by atoms with E-state index in [4.69, 9.17) is 0 Å². The molecule has 3 aromatic rings. The van der Waals surface area contributed by atoms with E-state index >= 15 is 0 Å². The van der Waals surface area contributed by atoms with Crippen LogP contribution in [0, 0.1) is 12.7 Å². The Hall–Kier alpha value is -2.42. The van der Waals surface area contributed by atoms with Gasteiger partial charge in [0.05, 0.1) is 17.4 Å². The summed E-state index contributed by atoms with van der Waals surface area (Å²) in [5, 5.41) is 0. The van der Waals surface area contributed by atoms with Gasteiger partial charge in [0.15, 0.2) is 0 Å². The summed E-state index contributed by atoms with van der Waals surface area (Å²) in [5.74, 6) is -0.192. The largest absolute Gasteiger partial charge is 0.345 e. The Balaban J connectivity index is 2.09. The van der Waals surface area contributed by atoms with E-state index in [2.05, 4.69) is 35.1 Å². The number of imidazole rings is 1. The van der Waals surface area contributed by atoms with Crippen LogP contribution in [0.4, 0.5) is 4.39 Å². The zero-order valence-electron chi connectivity index (χ0n) is 13.6. The molecule has 0 bridgehead atoms. The predicted octanol–water partition coefficient (Wildman–Crippen LogP) is 5.63. The molecule has 1 aromatic heterocycles. The number of hydrogen-bond donors (Lipinski definition) is 1. The van der Waals surface area contributed by atoms with Crippen LogP contribution in [0.1, 0.15) is 42.9 Å². The number of nitrogens with one attached hydrogen (secondary N) is 1. The standard InChI is InChI=1S/C20H21FN2/c1-3-4-5-6-18(17-9-8-16(21)11-14(17)2)15-7-10-19-20(12-15)23-13-22-19/h6-13H,3-5H2,1-2H3,(H,22,23). The van der Waals surface area contributed by atoms with Crippen molar-refractivity contribution in [2.45, 2.75) is 33.1 Å². The number of aromatic nitrogens is 2. The van der Waals surface area contributed by atoms with Crippen molar-refractivity contribution in [3.8, 4) is 0 Å². The second-order valence-corrected chi connectivity index (χ2v) is 5.85. The summed E-state index contributed by atoms with van der Waals surface area (Å²) in [6, 6.07) is 11.2. The number of fused-ring (bicyclic) bond motifs is 1. The number of hydrogen-bond acceptors (Lipinski definition) is 1. The van der Waals surface area contributed by atoms with Gasteiger partial charge >= 0.3 is 0 Å². The van der Waals surface area contributed by atoms with Crippen molar-refractivity contribution in [2.75, 3.05) is 0 Å². The highest BCUT2D eigenvalue weighted by Crippen LogP contribution is 2.29. The van der Waals surface area contributed by atoms with Crippen LogP contribution in [0.3, 0.4) is 0 Å². The molecule has 2 nitrogen and oxygen atoms in total. The molecule has 0 saturated carbocycles. The fourth-order valence-electron chi connectivity index (χ4n) is 2.87. The normalized spacial score (nSPS) is 12.0. The molecule has 0 radical (unpaired) electrons. The SMILES string of the molecule is CCCCC=C(c1ccc2nc[nH]c2c1)c1ccc(F)cc1C. The van der Waals surface area contributed by atoms with E-state index in [0.717, 1.165) is 52.6 Å². The number of H-pyrrole nitrogens is 1. The second-order valence-electron chi connectivity index (χ2n) is 5.85. The summed E-state index contributed by atoms with van der Waals surface area (Å²) in [4.78, 5) is 7.43. The maximum Gasteiger partial charge on any atom is 0.123 e. The number of nitrogens with zero attached hydrogens (tertiary/aromatic N) is 1. The van der Waals surface area contributed by atoms with Crippen molar-refractivity contribution in [1.29, 1.82) is 0 Å². The van der Waals surface area contributed by atoms with Crippen molar-refractivity contribution in [2.24, 2.45) is 0 Å².